The molecule has 8 nitrogen and oxygen atoms in total. The Morgan fingerprint density at radius 1 is 1.00 bits per heavy atom. The lowest BCUT2D eigenvalue weighted by Crippen LogP contribution is -2.40. The standard InChI is InChI=1S/C27H34F3N5O3/c1-14(2)13-34(17(6)15(3)4)24-12-21(18-9-19(28)26(30)20(29)10-18)31-23-11-22(32-35(23)24)27(38)33(7)16(5)8-25(36)37/h9-12,14-17H,8,13H2,1-7H3,(H,36,37). The second-order valence-electron chi connectivity index (χ2n) is 10.4. The first-order valence-corrected chi connectivity index (χ1v) is 12.5. The summed E-state index contributed by atoms with van der Waals surface area (Å²) in [6, 6.07) is 4.25. The van der Waals surface area contributed by atoms with E-state index < -0.39 is 35.4 Å². The summed E-state index contributed by atoms with van der Waals surface area (Å²) >= 11 is 0. The zero-order chi connectivity index (χ0) is 28.5. The molecule has 2 unspecified atom stereocenters. The van der Waals surface area contributed by atoms with E-state index in [2.05, 4.69) is 42.7 Å². The Bertz CT molecular complexity index is 1320. The highest BCUT2D eigenvalue weighted by molar-refractivity contribution is 5.94. The maximum Gasteiger partial charge on any atom is 0.305 e. The molecule has 0 aliphatic heterocycles. The summed E-state index contributed by atoms with van der Waals surface area (Å²) in [5.41, 5.74) is 0.499. The van der Waals surface area contributed by atoms with E-state index in [9.17, 15) is 22.8 Å². The van der Waals surface area contributed by atoms with E-state index in [4.69, 9.17) is 5.11 Å². The molecular weight excluding hydrogens is 499 g/mol. The third-order valence-electron chi connectivity index (χ3n) is 6.67. The molecule has 1 N–H and O–H groups in total. The van der Waals surface area contributed by atoms with Crippen LogP contribution in [0.2, 0.25) is 0 Å². The van der Waals surface area contributed by atoms with Gasteiger partial charge in [0.05, 0.1) is 12.1 Å². The molecule has 206 valence electrons. The van der Waals surface area contributed by atoms with E-state index in [-0.39, 0.29) is 46.9 Å². The number of carbonyl (C=O) groups is 2. The smallest absolute Gasteiger partial charge is 0.305 e. The van der Waals surface area contributed by atoms with Crippen LogP contribution >= 0.6 is 0 Å². The Kier molecular flexibility index (Phi) is 8.68. The zero-order valence-corrected chi connectivity index (χ0v) is 22.7. The average molecular weight is 534 g/mol. The molecule has 0 bridgehead atoms. The summed E-state index contributed by atoms with van der Waals surface area (Å²) in [5, 5.41) is 13.6. The number of aromatic nitrogens is 3. The molecule has 38 heavy (non-hydrogen) atoms. The molecule has 2 heterocycles. The normalized spacial score (nSPS) is 13.3. The molecule has 2 atom stereocenters. The van der Waals surface area contributed by atoms with E-state index in [1.165, 1.54) is 22.5 Å². The van der Waals surface area contributed by atoms with Crippen molar-refractivity contribution in [2.45, 2.75) is 60.0 Å². The van der Waals surface area contributed by atoms with Crippen LogP contribution in [0.3, 0.4) is 0 Å². The summed E-state index contributed by atoms with van der Waals surface area (Å²) in [6.07, 6.45) is -0.237. The predicted molar refractivity (Wildman–Crippen MR) is 139 cm³/mol. The van der Waals surface area contributed by atoms with Crippen molar-refractivity contribution >= 4 is 23.3 Å². The zero-order valence-electron chi connectivity index (χ0n) is 22.7. The maximum absolute atomic E-state index is 14.1. The van der Waals surface area contributed by atoms with E-state index in [0.29, 0.717) is 12.4 Å². The Hall–Kier alpha value is -3.63. The highest BCUT2D eigenvalue weighted by Crippen LogP contribution is 2.30. The van der Waals surface area contributed by atoms with Gasteiger partial charge in [0.2, 0.25) is 0 Å². The van der Waals surface area contributed by atoms with Crippen LogP contribution in [0, 0.1) is 29.3 Å². The van der Waals surface area contributed by atoms with Crippen molar-refractivity contribution in [3.8, 4) is 11.3 Å². The number of fused-ring (bicyclic) bond motifs is 1. The van der Waals surface area contributed by atoms with Crippen molar-refractivity contribution in [2.75, 3.05) is 18.5 Å². The largest absolute Gasteiger partial charge is 0.481 e. The molecule has 3 aromatic rings. The fraction of sp³-hybridized carbons (Fsp3) is 0.481. The van der Waals surface area contributed by atoms with Gasteiger partial charge in [-0.25, -0.2) is 18.2 Å². The van der Waals surface area contributed by atoms with Crippen LogP contribution in [0.25, 0.3) is 16.9 Å². The second kappa shape index (κ2) is 11.4. The number of aliphatic carboxylic acids is 1. The molecule has 3 rings (SSSR count). The monoisotopic (exact) mass is 533 g/mol. The van der Waals surface area contributed by atoms with E-state index in [0.717, 1.165) is 12.1 Å². The van der Waals surface area contributed by atoms with Gasteiger partial charge in [0.1, 0.15) is 5.82 Å². The van der Waals surface area contributed by atoms with Gasteiger partial charge in [0, 0.05) is 43.4 Å². The third-order valence-corrected chi connectivity index (χ3v) is 6.67. The molecule has 2 aromatic heterocycles. The number of benzene rings is 1. The minimum atomic E-state index is -1.57. The molecule has 0 fully saturated rings. The number of halogens is 3. The first-order valence-electron chi connectivity index (χ1n) is 12.5. The first kappa shape index (κ1) is 28.9. The topological polar surface area (TPSA) is 91.0 Å². The van der Waals surface area contributed by atoms with Crippen LogP contribution in [-0.2, 0) is 4.79 Å². The number of carbonyl (C=O) groups excluding carboxylic acids is 1. The fourth-order valence-electron chi connectivity index (χ4n) is 4.11. The summed E-state index contributed by atoms with van der Waals surface area (Å²) in [4.78, 5) is 32.2. The Labute approximate surface area is 220 Å². The van der Waals surface area contributed by atoms with Gasteiger partial charge in [-0.3, -0.25) is 9.59 Å². The number of nitrogens with zero attached hydrogens (tertiary/aromatic N) is 5. The Morgan fingerprint density at radius 3 is 2.13 bits per heavy atom. The maximum atomic E-state index is 14.1. The molecule has 0 aliphatic carbocycles. The van der Waals surface area contributed by atoms with Crippen LogP contribution < -0.4 is 4.90 Å². The SMILES string of the molecule is CC(C)CN(c1cc(-c2cc(F)c(F)c(F)c2)nc2cc(C(=O)N(C)C(C)CC(=O)O)nn12)C(C)C(C)C. The number of hydrogen-bond acceptors (Lipinski definition) is 5. The lowest BCUT2D eigenvalue weighted by molar-refractivity contribution is -0.137. The molecule has 11 heteroatoms. The van der Waals surface area contributed by atoms with Gasteiger partial charge in [0.25, 0.3) is 5.91 Å². The van der Waals surface area contributed by atoms with Crippen molar-refractivity contribution in [2.24, 2.45) is 11.8 Å². The van der Waals surface area contributed by atoms with E-state index in [1.54, 1.807) is 13.0 Å². The van der Waals surface area contributed by atoms with Crippen molar-refractivity contribution in [3.63, 3.8) is 0 Å². The van der Waals surface area contributed by atoms with Gasteiger partial charge in [-0.05, 0) is 37.8 Å². The van der Waals surface area contributed by atoms with Crippen molar-refractivity contribution in [3.05, 3.63) is 47.4 Å². The van der Waals surface area contributed by atoms with Gasteiger partial charge in [-0.2, -0.15) is 9.61 Å². The van der Waals surface area contributed by atoms with Crippen LogP contribution in [-0.4, -0.2) is 62.2 Å². The number of hydrogen-bond donors (Lipinski definition) is 1. The molecule has 1 amide bonds. The molecule has 0 saturated carbocycles. The van der Waals surface area contributed by atoms with Gasteiger partial charge < -0.3 is 14.9 Å². The van der Waals surface area contributed by atoms with Gasteiger partial charge in [-0.15, -0.1) is 0 Å². The second-order valence-corrected chi connectivity index (χ2v) is 10.4. The van der Waals surface area contributed by atoms with Crippen LogP contribution in [0.4, 0.5) is 19.0 Å². The van der Waals surface area contributed by atoms with Crippen molar-refractivity contribution < 1.29 is 27.9 Å². The van der Waals surface area contributed by atoms with Crippen LogP contribution in [0.15, 0.2) is 24.3 Å². The number of carboxylic acid groups (broad SMARTS) is 1. The Balaban J connectivity index is 2.24. The van der Waals surface area contributed by atoms with E-state index in [1.807, 2.05) is 6.92 Å². The summed E-state index contributed by atoms with van der Waals surface area (Å²) in [5.74, 6) is -4.77. The summed E-state index contributed by atoms with van der Waals surface area (Å²) in [6.45, 7) is 12.5. The third kappa shape index (κ3) is 6.08. The Morgan fingerprint density at radius 2 is 1.61 bits per heavy atom. The number of anilines is 1. The quantitative estimate of drug-likeness (QED) is 0.358. The fourth-order valence-corrected chi connectivity index (χ4v) is 4.11. The van der Waals surface area contributed by atoms with Crippen molar-refractivity contribution in [1.29, 1.82) is 0 Å². The molecule has 0 radical (unpaired) electrons. The van der Waals surface area contributed by atoms with Crippen LogP contribution in [0.5, 0.6) is 0 Å². The van der Waals surface area contributed by atoms with Gasteiger partial charge in [-0.1, -0.05) is 27.7 Å². The van der Waals surface area contributed by atoms with Crippen molar-refractivity contribution in [1.82, 2.24) is 19.5 Å². The molecule has 1 aromatic carbocycles. The predicted octanol–water partition coefficient (Wildman–Crippen LogP) is 5.26. The molecule has 0 aliphatic rings. The summed E-state index contributed by atoms with van der Waals surface area (Å²) < 4.78 is 43.4. The van der Waals surface area contributed by atoms with Gasteiger partial charge in [0.15, 0.2) is 28.8 Å². The minimum Gasteiger partial charge on any atom is -0.481 e. The number of rotatable bonds is 10. The minimum absolute atomic E-state index is 0.0131. The first-order chi connectivity index (χ1) is 17.7. The lowest BCUT2D eigenvalue weighted by atomic mass is 10.0. The highest BCUT2D eigenvalue weighted by atomic mass is 19.2. The molecule has 0 saturated heterocycles. The number of amides is 1. The molecule has 0 spiro atoms. The van der Waals surface area contributed by atoms with Gasteiger partial charge >= 0.3 is 5.97 Å². The summed E-state index contributed by atoms with van der Waals surface area (Å²) in [7, 11) is 1.50. The van der Waals surface area contributed by atoms with Crippen LogP contribution in [0.1, 0.15) is 58.5 Å². The average Bonchev–Trinajstić information content (AvgIpc) is 3.27. The lowest BCUT2D eigenvalue weighted by Gasteiger charge is -2.35. The number of carboxylic acids is 1. The molecular formula is C27H34F3N5O3. The highest BCUT2D eigenvalue weighted by Gasteiger charge is 2.27. The van der Waals surface area contributed by atoms with E-state index >= 15 is 0 Å².